The molecule has 1 N–H and O–H groups in total. The van der Waals surface area contributed by atoms with Gasteiger partial charge >= 0.3 is 0 Å². The Labute approximate surface area is 115 Å². The quantitative estimate of drug-likeness (QED) is 0.784. The number of nitrogens with one attached hydrogen (secondary N) is 1. The topological polar surface area (TPSA) is 24.4 Å². The lowest BCUT2D eigenvalue weighted by Gasteiger charge is -2.10. The van der Waals surface area contributed by atoms with Gasteiger partial charge in [0.15, 0.2) is 0 Å². The van der Waals surface area contributed by atoms with Crippen LogP contribution in [0.2, 0.25) is 5.02 Å². The van der Waals surface area contributed by atoms with Crippen LogP contribution < -0.4 is 5.32 Å². The van der Waals surface area contributed by atoms with Crippen molar-refractivity contribution >= 4 is 23.0 Å². The van der Waals surface area contributed by atoms with Gasteiger partial charge in [-0.1, -0.05) is 41.9 Å². The Bertz CT molecular complexity index is 625. The highest BCUT2D eigenvalue weighted by molar-refractivity contribution is 6.31. The SMILES string of the molecule is FC1CNc2ccc(Cl)cc2C(c2ccccc2)=N1. The summed E-state index contributed by atoms with van der Waals surface area (Å²) >= 11 is 6.04. The monoisotopic (exact) mass is 274 g/mol. The molecule has 0 saturated heterocycles. The van der Waals surface area contributed by atoms with E-state index in [1.165, 1.54) is 0 Å². The van der Waals surface area contributed by atoms with E-state index in [0.717, 1.165) is 16.8 Å². The maximum atomic E-state index is 13.8. The van der Waals surface area contributed by atoms with Crippen LogP contribution in [0.3, 0.4) is 0 Å². The maximum Gasteiger partial charge on any atom is 0.207 e. The van der Waals surface area contributed by atoms with Gasteiger partial charge in [-0.05, 0) is 18.2 Å². The smallest absolute Gasteiger partial charge is 0.207 e. The molecular weight excluding hydrogens is 263 g/mol. The van der Waals surface area contributed by atoms with E-state index in [2.05, 4.69) is 10.3 Å². The van der Waals surface area contributed by atoms with Crippen LogP contribution in [0.5, 0.6) is 0 Å². The molecule has 1 aliphatic rings. The van der Waals surface area contributed by atoms with E-state index in [4.69, 9.17) is 11.6 Å². The van der Waals surface area contributed by atoms with Crippen molar-refractivity contribution in [3.63, 3.8) is 0 Å². The molecule has 19 heavy (non-hydrogen) atoms. The highest BCUT2D eigenvalue weighted by Gasteiger charge is 2.19. The summed E-state index contributed by atoms with van der Waals surface area (Å²) in [4.78, 5) is 4.16. The molecule has 96 valence electrons. The van der Waals surface area contributed by atoms with Crippen molar-refractivity contribution in [2.45, 2.75) is 6.30 Å². The zero-order valence-electron chi connectivity index (χ0n) is 10.1. The zero-order valence-corrected chi connectivity index (χ0v) is 10.9. The Balaban J connectivity index is 2.19. The molecule has 1 aliphatic heterocycles. The largest absolute Gasteiger partial charge is 0.380 e. The molecule has 0 spiro atoms. The van der Waals surface area contributed by atoms with Crippen LogP contribution >= 0.6 is 11.6 Å². The van der Waals surface area contributed by atoms with Crippen molar-refractivity contribution in [2.24, 2.45) is 4.99 Å². The van der Waals surface area contributed by atoms with E-state index in [-0.39, 0.29) is 6.54 Å². The molecule has 0 bridgehead atoms. The van der Waals surface area contributed by atoms with Gasteiger partial charge < -0.3 is 5.32 Å². The molecule has 2 aromatic carbocycles. The third-order valence-corrected chi connectivity index (χ3v) is 3.25. The first kappa shape index (κ1) is 12.2. The lowest BCUT2D eigenvalue weighted by molar-refractivity contribution is 0.365. The van der Waals surface area contributed by atoms with E-state index < -0.39 is 6.30 Å². The first-order valence-electron chi connectivity index (χ1n) is 6.05. The van der Waals surface area contributed by atoms with Gasteiger partial charge in [-0.2, -0.15) is 0 Å². The summed E-state index contributed by atoms with van der Waals surface area (Å²) < 4.78 is 13.8. The Morgan fingerprint density at radius 1 is 1.16 bits per heavy atom. The van der Waals surface area contributed by atoms with Crippen LogP contribution in [-0.4, -0.2) is 18.6 Å². The summed E-state index contributed by atoms with van der Waals surface area (Å²) in [6.07, 6.45) is -1.26. The van der Waals surface area contributed by atoms with Crippen molar-refractivity contribution < 1.29 is 4.39 Å². The molecule has 1 atom stereocenters. The van der Waals surface area contributed by atoms with Gasteiger partial charge in [-0.3, -0.25) is 0 Å². The summed E-state index contributed by atoms with van der Waals surface area (Å²) in [5, 5.41) is 3.67. The summed E-state index contributed by atoms with van der Waals surface area (Å²) in [5.41, 5.74) is 3.21. The molecule has 0 radical (unpaired) electrons. The standard InChI is InChI=1S/C15H12ClFN2/c16-11-6-7-13-12(8-11)15(19-14(17)9-18-13)10-4-2-1-3-5-10/h1-8,14,18H,9H2. The highest BCUT2D eigenvalue weighted by Crippen LogP contribution is 2.26. The van der Waals surface area contributed by atoms with Crippen molar-refractivity contribution in [1.82, 2.24) is 0 Å². The number of fused-ring (bicyclic) bond motifs is 1. The molecule has 0 saturated carbocycles. The average molecular weight is 275 g/mol. The second-order valence-corrected chi connectivity index (χ2v) is 4.79. The highest BCUT2D eigenvalue weighted by atomic mass is 35.5. The minimum Gasteiger partial charge on any atom is -0.380 e. The fourth-order valence-electron chi connectivity index (χ4n) is 2.14. The van der Waals surface area contributed by atoms with E-state index in [1.54, 1.807) is 6.07 Å². The fourth-order valence-corrected chi connectivity index (χ4v) is 2.31. The molecule has 4 heteroatoms. The van der Waals surface area contributed by atoms with Crippen molar-refractivity contribution in [2.75, 3.05) is 11.9 Å². The van der Waals surface area contributed by atoms with Gasteiger partial charge in [0.1, 0.15) is 0 Å². The maximum absolute atomic E-state index is 13.8. The summed E-state index contributed by atoms with van der Waals surface area (Å²) in [5.74, 6) is 0. The molecule has 1 heterocycles. The normalized spacial score (nSPS) is 18.0. The van der Waals surface area contributed by atoms with E-state index >= 15 is 0 Å². The number of hydrogen-bond donors (Lipinski definition) is 1. The van der Waals surface area contributed by atoms with Crippen molar-refractivity contribution in [3.05, 3.63) is 64.7 Å². The van der Waals surface area contributed by atoms with Gasteiger partial charge in [0.25, 0.3) is 0 Å². The molecule has 2 nitrogen and oxygen atoms in total. The summed E-state index contributed by atoms with van der Waals surface area (Å²) in [7, 11) is 0. The second-order valence-electron chi connectivity index (χ2n) is 4.35. The first-order valence-corrected chi connectivity index (χ1v) is 6.43. The van der Waals surface area contributed by atoms with E-state index in [0.29, 0.717) is 10.7 Å². The Kier molecular flexibility index (Phi) is 3.22. The third-order valence-electron chi connectivity index (χ3n) is 3.01. The van der Waals surface area contributed by atoms with Crippen molar-refractivity contribution in [1.29, 1.82) is 0 Å². The summed E-state index contributed by atoms with van der Waals surface area (Å²) in [6, 6.07) is 15.0. The number of aliphatic imine (C=N–C) groups is 1. The molecular formula is C15H12ClFN2. The van der Waals surface area contributed by atoms with Crippen LogP contribution in [0.4, 0.5) is 10.1 Å². The predicted octanol–water partition coefficient (Wildman–Crippen LogP) is 3.90. The van der Waals surface area contributed by atoms with Crippen LogP contribution in [0.15, 0.2) is 53.5 Å². The lowest BCUT2D eigenvalue weighted by atomic mass is 10.0. The van der Waals surface area contributed by atoms with E-state index in [1.807, 2.05) is 42.5 Å². The molecule has 0 amide bonds. The van der Waals surface area contributed by atoms with Gasteiger partial charge in [-0.25, -0.2) is 9.38 Å². The average Bonchev–Trinajstić information content (AvgIpc) is 2.59. The first-order chi connectivity index (χ1) is 9.24. The molecule has 0 aromatic heterocycles. The Morgan fingerprint density at radius 3 is 2.74 bits per heavy atom. The number of benzene rings is 2. The van der Waals surface area contributed by atoms with E-state index in [9.17, 15) is 4.39 Å². The second kappa shape index (κ2) is 5.02. The molecule has 0 fully saturated rings. The number of nitrogens with zero attached hydrogens (tertiary/aromatic N) is 1. The van der Waals surface area contributed by atoms with Crippen LogP contribution in [0.1, 0.15) is 11.1 Å². The number of alkyl halides is 1. The molecule has 3 rings (SSSR count). The number of benzodiazepines with no additional fused rings is 1. The van der Waals surface area contributed by atoms with Crippen LogP contribution in [0.25, 0.3) is 0 Å². The lowest BCUT2D eigenvalue weighted by Crippen LogP contribution is -2.11. The summed E-state index contributed by atoms with van der Waals surface area (Å²) in [6.45, 7) is 0.172. The Hall–Kier alpha value is -1.87. The minimum absolute atomic E-state index is 0.172. The zero-order chi connectivity index (χ0) is 13.2. The Morgan fingerprint density at radius 2 is 1.95 bits per heavy atom. The number of rotatable bonds is 1. The third kappa shape index (κ3) is 2.47. The van der Waals surface area contributed by atoms with Gasteiger partial charge in [0.05, 0.1) is 12.3 Å². The van der Waals surface area contributed by atoms with Crippen LogP contribution in [0, 0.1) is 0 Å². The predicted molar refractivity (Wildman–Crippen MR) is 76.9 cm³/mol. The van der Waals surface area contributed by atoms with Crippen molar-refractivity contribution in [3.8, 4) is 0 Å². The minimum atomic E-state index is -1.26. The van der Waals surface area contributed by atoms with Crippen LogP contribution in [-0.2, 0) is 0 Å². The number of hydrogen-bond acceptors (Lipinski definition) is 2. The number of halogens is 2. The molecule has 1 unspecified atom stereocenters. The number of anilines is 1. The molecule has 2 aromatic rings. The van der Waals surface area contributed by atoms with Gasteiger partial charge in [0.2, 0.25) is 6.30 Å². The molecule has 0 aliphatic carbocycles. The fraction of sp³-hybridized carbons (Fsp3) is 0.133. The van der Waals surface area contributed by atoms with Gasteiger partial charge in [0, 0.05) is 21.8 Å². The van der Waals surface area contributed by atoms with Gasteiger partial charge in [-0.15, -0.1) is 0 Å².